The van der Waals surface area contributed by atoms with Crippen LogP contribution in [-0.4, -0.2) is 12.0 Å². The Labute approximate surface area is 157 Å². The minimum Gasteiger partial charge on any atom is -0.491 e. The topological polar surface area (TPSA) is 64.3 Å². The molecule has 24 heavy (non-hydrogen) atoms. The Kier molecular flexibility index (Phi) is 7.58. The van der Waals surface area contributed by atoms with Crippen molar-refractivity contribution in [1.29, 1.82) is 0 Å². The lowest BCUT2D eigenvalue weighted by Crippen LogP contribution is -2.17. The van der Waals surface area contributed by atoms with Crippen molar-refractivity contribution in [1.82, 2.24) is 0 Å². The fraction of sp³-hybridized carbons (Fsp3) is 0.278. The van der Waals surface area contributed by atoms with Crippen molar-refractivity contribution >= 4 is 45.6 Å². The van der Waals surface area contributed by atoms with E-state index in [0.717, 1.165) is 21.3 Å². The van der Waals surface area contributed by atoms with E-state index in [9.17, 15) is 4.79 Å². The van der Waals surface area contributed by atoms with Gasteiger partial charge in [0.1, 0.15) is 5.75 Å². The van der Waals surface area contributed by atoms with Crippen molar-refractivity contribution in [3.05, 3.63) is 52.0 Å². The van der Waals surface area contributed by atoms with E-state index in [2.05, 4.69) is 21.2 Å². The molecule has 4 nitrogen and oxygen atoms in total. The van der Waals surface area contributed by atoms with Crippen molar-refractivity contribution in [2.45, 2.75) is 33.3 Å². The molecule has 6 heteroatoms. The summed E-state index contributed by atoms with van der Waals surface area (Å²) in [5, 5.41) is 2.87. The van der Waals surface area contributed by atoms with Gasteiger partial charge in [-0.05, 0) is 44.5 Å². The fourth-order valence-corrected chi connectivity index (χ4v) is 2.82. The Morgan fingerprint density at radius 1 is 1.29 bits per heavy atom. The molecular weight excluding hydrogens is 392 g/mol. The lowest BCUT2D eigenvalue weighted by atomic mass is 10.1. The molecule has 0 aliphatic carbocycles. The van der Waals surface area contributed by atoms with Gasteiger partial charge in [-0.2, -0.15) is 0 Å². The van der Waals surface area contributed by atoms with Crippen LogP contribution >= 0.6 is 28.3 Å². The quantitative estimate of drug-likeness (QED) is 0.696. The molecule has 0 radical (unpaired) electrons. The van der Waals surface area contributed by atoms with Gasteiger partial charge < -0.3 is 15.8 Å². The SMILES string of the molecule is Cc1cc(Br)cc(NC(=O)Cc2ccccc2OC(C)C)c1N.Cl. The molecule has 130 valence electrons. The summed E-state index contributed by atoms with van der Waals surface area (Å²) in [5.41, 5.74) is 8.99. The zero-order chi connectivity index (χ0) is 17.0. The molecular formula is C18H22BrClN2O2. The number of nitrogen functional groups attached to an aromatic ring is 1. The molecule has 2 aromatic rings. The molecule has 1 amide bonds. The van der Waals surface area contributed by atoms with Crippen LogP contribution in [0.1, 0.15) is 25.0 Å². The molecule has 0 atom stereocenters. The number of para-hydroxylation sites is 1. The summed E-state index contributed by atoms with van der Waals surface area (Å²) in [6.45, 7) is 5.82. The van der Waals surface area contributed by atoms with Crippen LogP contribution in [0.4, 0.5) is 11.4 Å². The fourth-order valence-electron chi connectivity index (χ4n) is 2.24. The number of hydrogen-bond acceptors (Lipinski definition) is 3. The van der Waals surface area contributed by atoms with Gasteiger partial charge in [0.25, 0.3) is 0 Å². The van der Waals surface area contributed by atoms with Crippen molar-refractivity contribution in [2.24, 2.45) is 0 Å². The number of nitrogens with two attached hydrogens (primary N) is 1. The van der Waals surface area contributed by atoms with Gasteiger partial charge in [-0.3, -0.25) is 4.79 Å². The maximum absolute atomic E-state index is 12.4. The van der Waals surface area contributed by atoms with Gasteiger partial charge in [0.05, 0.1) is 23.9 Å². The van der Waals surface area contributed by atoms with Gasteiger partial charge in [-0.1, -0.05) is 34.1 Å². The second-order valence-electron chi connectivity index (χ2n) is 5.68. The van der Waals surface area contributed by atoms with E-state index in [1.807, 2.05) is 51.1 Å². The van der Waals surface area contributed by atoms with Crippen LogP contribution in [0, 0.1) is 6.92 Å². The number of carbonyl (C=O) groups is 1. The third-order valence-electron chi connectivity index (χ3n) is 3.31. The molecule has 2 rings (SSSR count). The van der Waals surface area contributed by atoms with Crippen LogP contribution in [0.2, 0.25) is 0 Å². The van der Waals surface area contributed by atoms with E-state index in [0.29, 0.717) is 11.4 Å². The molecule has 3 N–H and O–H groups in total. The first kappa shape index (κ1) is 20.3. The zero-order valence-electron chi connectivity index (χ0n) is 13.9. The minimum absolute atomic E-state index is 0. The van der Waals surface area contributed by atoms with Crippen LogP contribution < -0.4 is 15.8 Å². The number of hydrogen-bond donors (Lipinski definition) is 2. The molecule has 0 heterocycles. The Morgan fingerprint density at radius 2 is 1.96 bits per heavy atom. The molecule has 0 aromatic heterocycles. The molecule has 0 unspecified atom stereocenters. The van der Waals surface area contributed by atoms with Crippen LogP contribution in [-0.2, 0) is 11.2 Å². The smallest absolute Gasteiger partial charge is 0.228 e. The van der Waals surface area contributed by atoms with E-state index in [4.69, 9.17) is 10.5 Å². The Balaban J connectivity index is 0.00000288. The Hall–Kier alpha value is -1.72. The highest BCUT2D eigenvalue weighted by Crippen LogP contribution is 2.28. The van der Waals surface area contributed by atoms with Crippen LogP contribution in [0.25, 0.3) is 0 Å². The van der Waals surface area contributed by atoms with E-state index in [-0.39, 0.29) is 30.8 Å². The highest BCUT2D eigenvalue weighted by Gasteiger charge is 2.12. The second-order valence-corrected chi connectivity index (χ2v) is 6.60. The van der Waals surface area contributed by atoms with Gasteiger partial charge in [0, 0.05) is 10.0 Å². The summed E-state index contributed by atoms with van der Waals surface area (Å²) in [5.74, 6) is 0.602. The van der Waals surface area contributed by atoms with Gasteiger partial charge >= 0.3 is 0 Å². The van der Waals surface area contributed by atoms with Crippen LogP contribution in [0.15, 0.2) is 40.9 Å². The molecule has 0 aliphatic rings. The molecule has 0 spiro atoms. The normalized spacial score (nSPS) is 10.2. The summed E-state index contributed by atoms with van der Waals surface area (Å²) in [7, 11) is 0. The predicted octanol–water partition coefficient (Wildman–Crippen LogP) is 4.73. The zero-order valence-corrected chi connectivity index (χ0v) is 16.3. The molecule has 0 aliphatic heterocycles. The van der Waals surface area contributed by atoms with Gasteiger partial charge in [0.15, 0.2) is 0 Å². The van der Waals surface area contributed by atoms with Gasteiger partial charge in [-0.25, -0.2) is 0 Å². The number of halogens is 2. The summed E-state index contributed by atoms with van der Waals surface area (Å²) in [6.07, 6.45) is 0.288. The van der Waals surface area contributed by atoms with Crippen molar-refractivity contribution in [2.75, 3.05) is 11.1 Å². The number of amides is 1. The monoisotopic (exact) mass is 412 g/mol. The number of benzene rings is 2. The minimum atomic E-state index is -0.131. The first-order chi connectivity index (χ1) is 10.9. The molecule has 2 aromatic carbocycles. The van der Waals surface area contributed by atoms with E-state index >= 15 is 0 Å². The summed E-state index contributed by atoms with van der Waals surface area (Å²) in [4.78, 5) is 12.4. The van der Waals surface area contributed by atoms with Crippen LogP contribution in [0.5, 0.6) is 5.75 Å². The molecule has 0 saturated carbocycles. The number of anilines is 2. The third kappa shape index (κ3) is 5.42. The number of nitrogens with one attached hydrogen (secondary N) is 1. The first-order valence-electron chi connectivity index (χ1n) is 7.47. The highest BCUT2D eigenvalue weighted by atomic mass is 79.9. The maximum Gasteiger partial charge on any atom is 0.228 e. The average molecular weight is 414 g/mol. The third-order valence-corrected chi connectivity index (χ3v) is 3.77. The standard InChI is InChI=1S/C18H21BrN2O2.ClH/c1-11(2)23-16-7-5-4-6-13(16)9-17(22)21-15-10-14(19)8-12(3)18(15)20;/h4-8,10-11H,9,20H2,1-3H3,(H,21,22);1H. The van der Waals surface area contributed by atoms with E-state index in [1.165, 1.54) is 0 Å². The summed E-state index contributed by atoms with van der Waals surface area (Å²) < 4.78 is 6.62. The lowest BCUT2D eigenvalue weighted by Gasteiger charge is -2.15. The largest absolute Gasteiger partial charge is 0.491 e. The maximum atomic E-state index is 12.4. The summed E-state index contributed by atoms with van der Waals surface area (Å²) in [6, 6.07) is 11.3. The number of carbonyl (C=O) groups excluding carboxylic acids is 1. The van der Waals surface area contributed by atoms with Crippen LogP contribution in [0.3, 0.4) is 0 Å². The Morgan fingerprint density at radius 3 is 2.62 bits per heavy atom. The number of rotatable bonds is 5. The van der Waals surface area contributed by atoms with Gasteiger partial charge in [0.2, 0.25) is 5.91 Å². The van der Waals surface area contributed by atoms with Crippen molar-refractivity contribution < 1.29 is 9.53 Å². The van der Waals surface area contributed by atoms with E-state index < -0.39 is 0 Å². The van der Waals surface area contributed by atoms with Crippen molar-refractivity contribution in [3.63, 3.8) is 0 Å². The molecule has 0 fully saturated rings. The highest BCUT2D eigenvalue weighted by molar-refractivity contribution is 9.10. The molecule has 0 bridgehead atoms. The van der Waals surface area contributed by atoms with Gasteiger partial charge in [-0.15, -0.1) is 12.4 Å². The first-order valence-corrected chi connectivity index (χ1v) is 8.26. The van der Waals surface area contributed by atoms with Crippen molar-refractivity contribution in [3.8, 4) is 5.75 Å². The summed E-state index contributed by atoms with van der Waals surface area (Å²) >= 11 is 3.42. The second kappa shape index (κ2) is 8.94. The number of ether oxygens (including phenoxy) is 1. The average Bonchev–Trinajstić information content (AvgIpc) is 2.45. The predicted molar refractivity (Wildman–Crippen MR) is 105 cm³/mol. The lowest BCUT2D eigenvalue weighted by molar-refractivity contribution is -0.115. The Bertz CT molecular complexity index is 720. The van der Waals surface area contributed by atoms with E-state index in [1.54, 1.807) is 6.07 Å². The molecule has 0 saturated heterocycles. The number of aryl methyl sites for hydroxylation is 1.